The van der Waals surface area contributed by atoms with Crippen molar-refractivity contribution in [1.82, 2.24) is 0 Å². The van der Waals surface area contributed by atoms with E-state index in [1.54, 1.807) is 12.2 Å². The zero-order valence-electron chi connectivity index (χ0n) is 7.74. The minimum Gasteiger partial charge on any atom is -0.324 e. The third-order valence-electron chi connectivity index (χ3n) is 1.17. The van der Waals surface area contributed by atoms with E-state index >= 15 is 0 Å². The van der Waals surface area contributed by atoms with Crippen molar-refractivity contribution in [3.63, 3.8) is 0 Å². The fraction of sp³-hybridized carbons (Fsp3) is 0.400. The minimum absolute atomic E-state index is 0.577. The van der Waals surface area contributed by atoms with Crippen molar-refractivity contribution in [2.24, 2.45) is 0 Å². The Kier molecular flexibility index (Phi) is 9.03. The quantitative estimate of drug-likeness (QED) is 0.258. The zero-order chi connectivity index (χ0) is 9.94. The van der Waals surface area contributed by atoms with Gasteiger partial charge >= 0.3 is 0 Å². The predicted octanol–water partition coefficient (Wildman–Crippen LogP) is 3.07. The molecule has 0 spiro atoms. The lowest BCUT2D eigenvalue weighted by atomic mass is 10.5. The van der Waals surface area contributed by atoms with Crippen LogP contribution in [0.3, 0.4) is 0 Å². The molecule has 0 aliphatic rings. The molecule has 0 saturated heterocycles. The van der Waals surface area contributed by atoms with Crippen molar-refractivity contribution in [1.29, 1.82) is 0 Å². The third kappa shape index (κ3) is 7.74. The molecule has 0 amide bonds. The van der Waals surface area contributed by atoms with Gasteiger partial charge in [-0.2, -0.15) is 0 Å². The minimum atomic E-state index is -1.15. The molecule has 72 valence electrons. The second kappa shape index (κ2) is 9.48. The van der Waals surface area contributed by atoms with Crippen molar-refractivity contribution in [2.75, 3.05) is 13.2 Å². The Morgan fingerprint density at radius 1 is 1.15 bits per heavy atom. The van der Waals surface area contributed by atoms with Crippen LogP contribution in [0, 0.1) is 12.1 Å². The van der Waals surface area contributed by atoms with Crippen molar-refractivity contribution in [2.45, 2.75) is 12.8 Å². The van der Waals surface area contributed by atoms with Gasteiger partial charge in [-0.05, 0) is 18.5 Å². The van der Waals surface area contributed by atoms with E-state index in [0.29, 0.717) is 13.2 Å². The normalized spacial score (nSPS) is 9.54. The maximum absolute atomic E-state index is 5.28. The fourth-order valence-electron chi connectivity index (χ4n) is 0.550. The van der Waals surface area contributed by atoms with Crippen LogP contribution in [-0.4, -0.2) is 13.2 Å². The molecule has 0 radical (unpaired) electrons. The second-order valence-electron chi connectivity index (χ2n) is 2.21. The monoisotopic (exact) mass is 198 g/mol. The topological polar surface area (TPSA) is 18.5 Å². The van der Waals surface area contributed by atoms with E-state index in [0.717, 1.165) is 12.8 Å². The molecule has 3 heteroatoms. The summed E-state index contributed by atoms with van der Waals surface area (Å²) in [6.45, 7) is 8.31. The molecule has 2 nitrogen and oxygen atoms in total. The third-order valence-corrected chi connectivity index (χ3v) is 2.21. The highest BCUT2D eigenvalue weighted by Crippen LogP contribution is 2.36. The molecule has 0 rings (SSSR count). The molecular formula is C10H15O2P. The number of rotatable bonds is 8. The molecule has 0 fully saturated rings. The van der Waals surface area contributed by atoms with Gasteiger partial charge in [-0.1, -0.05) is 12.2 Å². The van der Waals surface area contributed by atoms with Crippen LogP contribution in [0.15, 0.2) is 25.3 Å². The van der Waals surface area contributed by atoms with Crippen molar-refractivity contribution < 1.29 is 9.05 Å². The summed E-state index contributed by atoms with van der Waals surface area (Å²) >= 11 is 0. The van der Waals surface area contributed by atoms with Gasteiger partial charge in [0.25, 0.3) is 8.38 Å². The number of hydrogen-bond acceptors (Lipinski definition) is 2. The van der Waals surface area contributed by atoms with Gasteiger partial charge in [0.1, 0.15) is 0 Å². The molecule has 0 aromatic heterocycles. The van der Waals surface area contributed by atoms with Gasteiger partial charge in [-0.15, -0.1) is 19.6 Å². The Hall–Kier alpha value is -0.610. The van der Waals surface area contributed by atoms with Crippen LogP contribution in [0.25, 0.3) is 0 Å². The van der Waals surface area contributed by atoms with Crippen LogP contribution in [-0.2, 0) is 9.05 Å². The molecule has 0 aromatic rings. The maximum atomic E-state index is 5.28. The molecule has 0 aliphatic carbocycles. The van der Waals surface area contributed by atoms with E-state index in [4.69, 9.17) is 15.5 Å². The summed E-state index contributed by atoms with van der Waals surface area (Å²) in [6.07, 6.45) is 10.4. The molecule has 0 atom stereocenters. The van der Waals surface area contributed by atoms with Crippen molar-refractivity contribution in [3.8, 4) is 12.1 Å². The zero-order valence-corrected chi connectivity index (χ0v) is 8.63. The molecule has 13 heavy (non-hydrogen) atoms. The van der Waals surface area contributed by atoms with Crippen LogP contribution in [0.2, 0.25) is 0 Å². The van der Waals surface area contributed by atoms with Crippen molar-refractivity contribution >= 4 is 8.38 Å². The molecule has 0 unspecified atom stereocenters. The van der Waals surface area contributed by atoms with E-state index in [2.05, 4.69) is 18.8 Å². The van der Waals surface area contributed by atoms with E-state index in [9.17, 15) is 0 Å². The lowest BCUT2D eigenvalue weighted by Crippen LogP contribution is -1.92. The van der Waals surface area contributed by atoms with Gasteiger partial charge in [0.2, 0.25) is 0 Å². The highest BCUT2D eigenvalue weighted by Gasteiger charge is 2.04. The van der Waals surface area contributed by atoms with E-state index < -0.39 is 8.38 Å². The van der Waals surface area contributed by atoms with Crippen molar-refractivity contribution in [3.05, 3.63) is 25.3 Å². The Balaban J connectivity index is 3.46. The Morgan fingerprint density at radius 3 is 1.92 bits per heavy atom. The van der Waals surface area contributed by atoms with E-state index in [1.807, 2.05) is 0 Å². The SMILES string of the molecule is C#CP(OCCC=C)OCCC=C. The Labute approximate surface area is 81.5 Å². The lowest BCUT2D eigenvalue weighted by Gasteiger charge is -2.09. The summed E-state index contributed by atoms with van der Waals surface area (Å²) in [5.41, 5.74) is 2.47. The first-order valence-corrected chi connectivity index (χ1v) is 5.27. The van der Waals surface area contributed by atoms with Gasteiger partial charge in [0.15, 0.2) is 0 Å². The van der Waals surface area contributed by atoms with E-state index in [1.165, 1.54) is 0 Å². The molecule has 0 saturated carbocycles. The Morgan fingerprint density at radius 2 is 1.62 bits per heavy atom. The lowest BCUT2D eigenvalue weighted by molar-refractivity contribution is 0.264. The van der Waals surface area contributed by atoms with Gasteiger partial charge in [0.05, 0.1) is 13.2 Å². The predicted molar refractivity (Wildman–Crippen MR) is 57.3 cm³/mol. The summed E-state index contributed by atoms with van der Waals surface area (Å²) in [6, 6.07) is 0. The first-order chi connectivity index (χ1) is 6.35. The number of hydrogen-bond donors (Lipinski definition) is 0. The van der Waals surface area contributed by atoms with Gasteiger partial charge in [-0.25, -0.2) is 0 Å². The Bertz CT molecular complexity index is 170. The molecule has 0 aliphatic heterocycles. The van der Waals surface area contributed by atoms with Gasteiger partial charge in [0, 0.05) is 0 Å². The molecule has 0 aromatic carbocycles. The maximum Gasteiger partial charge on any atom is 0.256 e. The van der Waals surface area contributed by atoms with Crippen LogP contribution in [0.1, 0.15) is 12.8 Å². The van der Waals surface area contributed by atoms with Gasteiger partial charge < -0.3 is 9.05 Å². The largest absolute Gasteiger partial charge is 0.324 e. The average molecular weight is 198 g/mol. The average Bonchev–Trinajstić information content (AvgIpc) is 2.16. The van der Waals surface area contributed by atoms with Crippen LogP contribution in [0.4, 0.5) is 0 Å². The molecular weight excluding hydrogens is 183 g/mol. The van der Waals surface area contributed by atoms with Crippen LogP contribution in [0.5, 0.6) is 0 Å². The smallest absolute Gasteiger partial charge is 0.256 e. The molecule has 0 bridgehead atoms. The first kappa shape index (κ1) is 12.4. The van der Waals surface area contributed by atoms with Crippen LogP contribution >= 0.6 is 8.38 Å². The highest BCUT2D eigenvalue weighted by atomic mass is 31.2. The van der Waals surface area contributed by atoms with E-state index in [-0.39, 0.29) is 0 Å². The second-order valence-corrected chi connectivity index (χ2v) is 3.50. The summed E-state index contributed by atoms with van der Waals surface area (Å²) in [5, 5.41) is 0. The standard InChI is InChI=1S/C10H15O2P/c1-4-7-9-11-13(6-3)12-10-8-5-2/h3-5H,1-2,7-10H2. The highest BCUT2D eigenvalue weighted by molar-refractivity contribution is 7.52. The molecule has 0 heterocycles. The van der Waals surface area contributed by atoms with Crippen LogP contribution < -0.4 is 0 Å². The summed E-state index contributed by atoms with van der Waals surface area (Å²) in [5.74, 6) is 0. The van der Waals surface area contributed by atoms with Gasteiger partial charge in [-0.3, -0.25) is 0 Å². The first-order valence-electron chi connectivity index (χ1n) is 4.09. The summed E-state index contributed by atoms with van der Waals surface area (Å²) in [4.78, 5) is 0. The fourth-order valence-corrected chi connectivity index (χ4v) is 1.32. The number of terminal acetylenes is 1. The molecule has 0 N–H and O–H groups in total. The summed E-state index contributed by atoms with van der Waals surface area (Å²) in [7, 11) is -1.15. The summed E-state index contributed by atoms with van der Waals surface area (Å²) < 4.78 is 10.6.